The normalized spacial score (nSPS) is 11.9. The first-order valence-corrected chi connectivity index (χ1v) is 15.9. The van der Waals surface area contributed by atoms with Gasteiger partial charge in [0.1, 0.15) is 0 Å². The van der Waals surface area contributed by atoms with Gasteiger partial charge in [0.05, 0.1) is 33.0 Å². The lowest BCUT2D eigenvalue weighted by Crippen LogP contribution is -2.20. The number of para-hydroxylation sites is 5. The topological polar surface area (TPSA) is 31.9 Å². The first kappa shape index (κ1) is 25.9. The summed E-state index contributed by atoms with van der Waals surface area (Å²) in [6.45, 7) is 0. The van der Waals surface area contributed by atoms with Crippen LogP contribution in [0, 0.1) is 0 Å². The van der Waals surface area contributed by atoms with Gasteiger partial charge in [0.25, 0.3) is 5.56 Å². The maximum Gasteiger partial charge on any atom is 0.265 e. The Morgan fingerprint density at radius 2 is 0.745 bits per heavy atom. The zero-order valence-electron chi connectivity index (χ0n) is 25.3. The van der Waals surface area contributed by atoms with Gasteiger partial charge in [-0.25, -0.2) is 0 Å². The molecule has 47 heavy (non-hydrogen) atoms. The fourth-order valence-electron chi connectivity index (χ4n) is 7.75. The summed E-state index contributed by atoms with van der Waals surface area (Å²) >= 11 is 0. The van der Waals surface area contributed by atoms with Gasteiger partial charge < -0.3 is 9.13 Å². The fraction of sp³-hybridized carbons (Fsp3) is 0. The minimum atomic E-state index is -0.0320. The van der Waals surface area contributed by atoms with Gasteiger partial charge in [-0.05, 0) is 66.0 Å². The van der Waals surface area contributed by atoms with Gasteiger partial charge in [-0.2, -0.15) is 0 Å². The minimum Gasteiger partial charge on any atom is -0.309 e. The second-order valence-electron chi connectivity index (χ2n) is 12.1. The lowest BCUT2D eigenvalue weighted by Gasteiger charge is -2.17. The standard InChI is InChI=1S/C43H27N3O/c47-43-41-34(25-24-32-31-20-10-12-22-35(31)45(42(32)41)29-16-6-2-7-17-29)40-38(46(43)30-18-8-3-9-19-30)27-26-37-39(40)33-21-11-13-23-36(33)44(37)28-14-4-1-5-15-28/h1-27H. The van der Waals surface area contributed by atoms with Crippen molar-refractivity contribution in [1.82, 2.24) is 13.7 Å². The number of rotatable bonds is 3. The summed E-state index contributed by atoms with van der Waals surface area (Å²) in [5.41, 5.74) is 8.06. The van der Waals surface area contributed by atoms with E-state index in [1.54, 1.807) is 0 Å². The fourth-order valence-corrected chi connectivity index (χ4v) is 7.75. The summed E-state index contributed by atoms with van der Waals surface area (Å²) in [5.74, 6) is 0. The molecular weight excluding hydrogens is 574 g/mol. The van der Waals surface area contributed by atoms with Gasteiger partial charge >= 0.3 is 0 Å². The molecule has 10 rings (SSSR count). The Hall–Kier alpha value is -6.39. The molecule has 0 aliphatic heterocycles. The van der Waals surface area contributed by atoms with Gasteiger partial charge in [-0.15, -0.1) is 0 Å². The van der Waals surface area contributed by atoms with E-state index in [4.69, 9.17) is 0 Å². The molecule has 7 aromatic carbocycles. The van der Waals surface area contributed by atoms with Crippen LogP contribution >= 0.6 is 0 Å². The highest BCUT2D eigenvalue weighted by Gasteiger charge is 2.24. The summed E-state index contributed by atoms with van der Waals surface area (Å²) in [6, 6.07) is 56.7. The van der Waals surface area contributed by atoms with Crippen LogP contribution in [0.25, 0.3) is 82.3 Å². The molecule has 220 valence electrons. The quantitative estimate of drug-likeness (QED) is 0.185. The summed E-state index contributed by atoms with van der Waals surface area (Å²) in [5, 5.41) is 7.20. The van der Waals surface area contributed by atoms with Crippen molar-refractivity contribution in [2.45, 2.75) is 0 Å². The number of aromatic nitrogens is 3. The van der Waals surface area contributed by atoms with Crippen molar-refractivity contribution in [2.75, 3.05) is 0 Å². The van der Waals surface area contributed by atoms with Crippen molar-refractivity contribution in [2.24, 2.45) is 0 Å². The molecule has 4 nitrogen and oxygen atoms in total. The summed E-state index contributed by atoms with van der Waals surface area (Å²) in [7, 11) is 0. The maximum atomic E-state index is 15.2. The van der Waals surface area contributed by atoms with Crippen molar-refractivity contribution >= 4 is 65.3 Å². The molecule has 0 atom stereocenters. The first-order valence-electron chi connectivity index (χ1n) is 15.9. The molecule has 0 N–H and O–H groups in total. The van der Waals surface area contributed by atoms with Crippen LogP contribution in [0.4, 0.5) is 0 Å². The lowest BCUT2D eigenvalue weighted by molar-refractivity contribution is 1.06. The predicted molar refractivity (Wildman–Crippen MR) is 196 cm³/mol. The Morgan fingerprint density at radius 3 is 1.38 bits per heavy atom. The zero-order valence-corrected chi connectivity index (χ0v) is 25.3. The average Bonchev–Trinajstić information content (AvgIpc) is 3.66. The Bertz CT molecular complexity index is 2900. The van der Waals surface area contributed by atoms with E-state index in [2.05, 4.69) is 137 Å². The molecule has 3 aromatic heterocycles. The third-order valence-corrected chi connectivity index (χ3v) is 9.62. The van der Waals surface area contributed by atoms with E-state index in [0.717, 1.165) is 77.0 Å². The Balaban J connectivity index is 1.52. The van der Waals surface area contributed by atoms with Crippen LogP contribution in [0.3, 0.4) is 0 Å². The van der Waals surface area contributed by atoms with E-state index in [0.29, 0.717) is 5.39 Å². The van der Waals surface area contributed by atoms with E-state index in [9.17, 15) is 0 Å². The van der Waals surface area contributed by atoms with Crippen molar-refractivity contribution in [3.63, 3.8) is 0 Å². The number of hydrogen-bond acceptors (Lipinski definition) is 1. The summed E-state index contributed by atoms with van der Waals surface area (Å²) < 4.78 is 6.52. The first-order chi connectivity index (χ1) is 23.3. The van der Waals surface area contributed by atoms with E-state index in [1.807, 2.05) is 41.0 Å². The van der Waals surface area contributed by atoms with Crippen molar-refractivity contribution < 1.29 is 0 Å². The summed E-state index contributed by atoms with van der Waals surface area (Å²) in [6.07, 6.45) is 0. The van der Waals surface area contributed by atoms with Crippen molar-refractivity contribution in [1.29, 1.82) is 0 Å². The molecule has 3 heterocycles. The number of benzene rings is 7. The molecule has 0 spiro atoms. The second-order valence-corrected chi connectivity index (χ2v) is 12.1. The SMILES string of the molecule is O=c1c2c(ccc3c4ccccc4n(-c4ccccc4)c32)c2c3c4ccccc4n(-c4ccccc4)c3ccc2n1-c1ccccc1. The average molecular weight is 602 g/mol. The van der Waals surface area contributed by atoms with Gasteiger partial charge in [0.15, 0.2) is 0 Å². The lowest BCUT2D eigenvalue weighted by atomic mass is 9.98. The molecule has 4 heteroatoms. The van der Waals surface area contributed by atoms with Crippen LogP contribution in [0.1, 0.15) is 0 Å². The number of pyridine rings is 1. The largest absolute Gasteiger partial charge is 0.309 e. The van der Waals surface area contributed by atoms with Gasteiger partial charge in [0, 0.05) is 44.0 Å². The second kappa shape index (κ2) is 9.80. The Kier molecular flexibility index (Phi) is 5.40. The van der Waals surface area contributed by atoms with Crippen LogP contribution in [-0.4, -0.2) is 13.7 Å². The molecule has 0 amide bonds. The van der Waals surface area contributed by atoms with Crippen molar-refractivity contribution in [3.05, 3.63) is 174 Å². The smallest absolute Gasteiger partial charge is 0.265 e. The molecule has 0 fully saturated rings. The Morgan fingerprint density at radius 1 is 0.298 bits per heavy atom. The molecule has 0 saturated heterocycles. The number of nitrogens with zero attached hydrogens (tertiary/aromatic N) is 3. The number of fused-ring (bicyclic) bond motifs is 11. The maximum absolute atomic E-state index is 15.2. The molecule has 0 bridgehead atoms. The van der Waals surface area contributed by atoms with Crippen molar-refractivity contribution in [3.8, 4) is 17.1 Å². The monoisotopic (exact) mass is 601 g/mol. The van der Waals surface area contributed by atoms with Crippen LogP contribution in [0.15, 0.2) is 169 Å². The Labute approximate surface area is 269 Å². The molecule has 0 unspecified atom stereocenters. The van der Waals surface area contributed by atoms with Gasteiger partial charge in [-0.3, -0.25) is 9.36 Å². The molecular formula is C43H27N3O. The van der Waals surface area contributed by atoms with E-state index >= 15 is 4.79 Å². The van der Waals surface area contributed by atoms with Gasteiger partial charge in [0.2, 0.25) is 0 Å². The number of hydrogen-bond donors (Lipinski definition) is 0. The highest BCUT2D eigenvalue weighted by atomic mass is 16.1. The van der Waals surface area contributed by atoms with Crippen LogP contribution < -0.4 is 5.56 Å². The highest BCUT2D eigenvalue weighted by Crippen LogP contribution is 2.42. The summed E-state index contributed by atoms with van der Waals surface area (Å²) in [4.78, 5) is 15.2. The van der Waals surface area contributed by atoms with Gasteiger partial charge in [-0.1, -0.05) is 103 Å². The molecule has 10 aromatic rings. The van der Waals surface area contributed by atoms with E-state index < -0.39 is 0 Å². The minimum absolute atomic E-state index is 0.0320. The predicted octanol–water partition coefficient (Wildman–Crippen LogP) is 10.3. The zero-order chi connectivity index (χ0) is 31.1. The third-order valence-electron chi connectivity index (χ3n) is 9.62. The van der Waals surface area contributed by atoms with Crippen LogP contribution in [-0.2, 0) is 0 Å². The highest BCUT2D eigenvalue weighted by molar-refractivity contribution is 6.31. The molecule has 0 radical (unpaired) electrons. The molecule has 0 aliphatic rings. The van der Waals surface area contributed by atoms with Crippen LogP contribution in [0.5, 0.6) is 0 Å². The molecule has 0 aliphatic carbocycles. The molecule has 0 saturated carbocycles. The third kappa shape index (κ3) is 3.55. The van der Waals surface area contributed by atoms with E-state index in [-0.39, 0.29) is 5.56 Å². The van der Waals surface area contributed by atoms with E-state index in [1.165, 1.54) is 0 Å². The van der Waals surface area contributed by atoms with Crippen LogP contribution in [0.2, 0.25) is 0 Å².